The SMILES string of the molecule is C=C/C=C\C(C#N)=C\C. The highest BCUT2D eigenvalue weighted by molar-refractivity contribution is 5.33. The van der Waals surface area contributed by atoms with Gasteiger partial charge in [-0.25, -0.2) is 0 Å². The molecule has 0 bridgehead atoms. The minimum absolute atomic E-state index is 0.662. The summed E-state index contributed by atoms with van der Waals surface area (Å²) in [7, 11) is 0. The van der Waals surface area contributed by atoms with Crippen LogP contribution >= 0.6 is 0 Å². The molecule has 1 heteroatoms. The van der Waals surface area contributed by atoms with Crippen LogP contribution in [0.1, 0.15) is 6.92 Å². The first-order valence-electron chi connectivity index (χ1n) is 2.70. The van der Waals surface area contributed by atoms with E-state index in [4.69, 9.17) is 5.26 Å². The van der Waals surface area contributed by atoms with Gasteiger partial charge >= 0.3 is 0 Å². The summed E-state index contributed by atoms with van der Waals surface area (Å²) < 4.78 is 0. The van der Waals surface area contributed by atoms with Gasteiger partial charge in [-0.1, -0.05) is 24.8 Å². The van der Waals surface area contributed by atoms with E-state index in [2.05, 4.69) is 6.58 Å². The molecule has 0 spiro atoms. The van der Waals surface area contributed by atoms with Gasteiger partial charge in [-0.05, 0) is 13.0 Å². The molecule has 0 unspecified atom stereocenters. The predicted octanol–water partition coefficient (Wildman–Crippen LogP) is 2.20. The average molecular weight is 119 g/mol. The first-order valence-corrected chi connectivity index (χ1v) is 2.70. The first kappa shape index (κ1) is 7.71. The highest BCUT2D eigenvalue weighted by Crippen LogP contribution is 1.92. The van der Waals surface area contributed by atoms with Gasteiger partial charge < -0.3 is 0 Å². The third-order valence-electron chi connectivity index (χ3n) is 0.852. The van der Waals surface area contributed by atoms with E-state index >= 15 is 0 Å². The Morgan fingerprint density at radius 3 is 2.67 bits per heavy atom. The highest BCUT2D eigenvalue weighted by atomic mass is 14.2. The number of hydrogen-bond donors (Lipinski definition) is 0. The van der Waals surface area contributed by atoms with E-state index < -0.39 is 0 Å². The maximum atomic E-state index is 8.35. The van der Waals surface area contributed by atoms with Crippen LogP contribution < -0.4 is 0 Å². The van der Waals surface area contributed by atoms with Crippen molar-refractivity contribution in [1.82, 2.24) is 0 Å². The molecule has 0 aliphatic rings. The minimum atomic E-state index is 0.662. The normalized spacial score (nSPS) is 11.3. The van der Waals surface area contributed by atoms with Gasteiger partial charge in [0.15, 0.2) is 0 Å². The van der Waals surface area contributed by atoms with Gasteiger partial charge in [-0.2, -0.15) is 5.26 Å². The van der Waals surface area contributed by atoms with Crippen LogP contribution in [0.15, 0.2) is 36.5 Å². The zero-order valence-electron chi connectivity index (χ0n) is 5.46. The van der Waals surface area contributed by atoms with Gasteiger partial charge in [0, 0.05) is 5.57 Å². The molecular weight excluding hydrogens is 110 g/mol. The summed E-state index contributed by atoms with van der Waals surface area (Å²) in [5, 5.41) is 8.35. The maximum Gasteiger partial charge on any atom is 0.0988 e. The quantitative estimate of drug-likeness (QED) is 0.404. The Balaban J connectivity index is 4.05. The van der Waals surface area contributed by atoms with Crippen molar-refractivity contribution in [2.24, 2.45) is 0 Å². The molecule has 0 saturated heterocycles. The Kier molecular flexibility index (Phi) is 4.16. The van der Waals surface area contributed by atoms with Crippen LogP contribution in [0.5, 0.6) is 0 Å². The van der Waals surface area contributed by atoms with E-state index in [0.717, 1.165) is 0 Å². The van der Waals surface area contributed by atoms with E-state index in [1.54, 1.807) is 24.3 Å². The van der Waals surface area contributed by atoms with Crippen LogP contribution in [0, 0.1) is 11.3 Å². The molecule has 0 radical (unpaired) electrons. The minimum Gasteiger partial charge on any atom is -0.192 e. The van der Waals surface area contributed by atoms with Crippen molar-refractivity contribution in [3.05, 3.63) is 36.5 Å². The summed E-state index contributed by atoms with van der Waals surface area (Å²) in [6.45, 7) is 5.30. The van der Waals surface area contributed by atoms with Crippen molar-refractivity contribution < 1.29 is 0 Å². The molecule has 0 N–H and O–H groups in total. The second kappa shape index (κ2) is 4.86. The molecule has 9 heavy (non-hydrogen) atoms. The van der Waals surface area contributed by atoms with Crippen LogP contribution in [-0.2, 0) is 0 Å². The smallest absolute Gasteiger partial charge is 0.0988 e. The van der Waals surface area contributed by atoms with Crippen molar-refractivity contribution in [3.63, 3.8) is 0 Å². The number of rotatable bonds is 2. The largest absolute Gasteiger partial charge is 0.192 e. The lowest BCUT2D eigenvalue weighted by atomic mass is 10.2. The van der Waals surface area contributed by atoms with Gasteiger partial charge in [-0.15, -0.1) is 0 Å². The van der Waals surface area contributed by atoms with Crippen LogP contribution in [0.25, 0.3) is 0 Å². The first-order chi connectivity index (χ1) is 4.35. The molecule has 46 valence electrons. The molecule has 0 saturated carbocycles. The van der Waals surface area contributed by atoms with Gasteiger partial charge in [0.2, 0.25) is 0 Å². The fraction of sp³-hybridized carbons (Fsp3) is 0.125. The maximum absolute atomic E-state index is 8.35. The van der Waals surface area contributed by atoms with Crippen molar-refractivity contribution in [3.8, 4) is 6.07 Å². The highest BCUT2D eigenvalue weighted by Gasteiger charge is 1.79. The van der Waals surface area contributed by atoms with E-state index in [1.807, 2.05) is 13.0 Å². The molecule has 1 nitrogen and oxygen atoms in total. The Hall–Kier alpha value is -1.29. The zero-order chi connectivity index (χ0) is 7.11. The third kappa shape index (κ3) is 3.31. The molecule has 0 aromatic carbocycles. The summed E-state index contributed by atoms with van der Waals surface area (Å²) in [5.74, 6) is 0. The number of hydrogen-bond acceptors (Lipinski definition) is 1. The van der Waals surface area contributed by atoms with Gasteiger partial charge in [0.25, 0.3) is 0 Å². The van der Waals surface area contributed by atoms with Crippen LogP contribution in [0.3, 0.4) is 0 Å². The molecular formula is C8H9N. The van der Waals surface area contributed by atoms with Crippen LogP contribution in [0.4, 0.5) is 0 Å². The summed E-state index contributed by atoms with van der Waals surface area (Å²) in [6.07, 6.45) is 6.84. The van der Waals surface area contributed by atoms with Crippen molar-refractivity contribution in [1.29, 1.82) is 5.26 Å². The number of nitriles is 1. The average Bonchev–Trinajstić information content (AvgIpc) is 1.91. The monoisotopic (exact) mass is 119 g/mol. The second-order valence-electron chi connectivity index (χ2n) is 1.45. The fourth-order valence-electron chi connectivity index (χ4n) is 0.370. The van der Waals surface area contributed by atoms with Crippen molar-refractivity contribution in [2.75, 3.05) is 0 Å². The Bertz CT molecular complexity index is 179. The van der Waals surface area contributed by atoms with E-state index in [-0.39, 0.29) is 0 Å². The molecule has 0 aliphatic heterocycles. The lowest BCUT2D eigenvalue weighted by molar-refractivity contribution is 1.48. The predicted molar refractivity (Wildman–Crippen MR) is 38.7 cm³/mol. The lowest BCUT2D eigenvalue weighted by Gasteiger charge is -1.79. The molecule has 0 aromatic heterocycles. The Morgan fingerprint density at radius 2 is 2.33 bits per heavy atom. The van der Waals surface area contributed by atoms with Gasteiger partial charge in [-0.3, -0.25) is 0 Å². The summed E-state index contributed by atoms with van der Waals surface area (Å²) >= 11 is 0. The standard InChI is InChI=1S/C8H9N/c1-3-5-6-8(4-2)7-9/h3-6H,1H2,2H3/b6-5-,8-4-. The van der Waals surface area contributed by atoms with Crippen molar-refractivity contribution in [2.45, 2.75) is 6.92 Å². The second-order valence-corrected chi connectivity index (χ2v) is 1.45. The van der Waals surface area contributed by atoms with Gasteiger partial charge in [0.05, 0.1) is 6.07 Å². The lowest BCUT2D eigenvalue weighted by Crippen LogP contribution is -1.65. The fourth-order valence-corrected chi connectivity index (χ4v) is 0.370. The molecule has 0 atom stereocenters. The molecule has 0 amide bonds. The van der Waals surface area contributed by atoms with Crippen molar-refractivity contribution >= 4 is 0 Å². The number of allylic oxidation sites excluding steroid dienone is 5. The Labute approximate surface area is 55.6 Å². The molecule has 0 aliphatic carbocycles. The zero-order valence-corrected chi connectivity index (χ0v) is 5.46. The Morgan fingerprint density at radius 1 is 1.67 bits per heavy atom. The topological polar surface area (TPSA) is 23.8 Å². The van der Waals surface area contributed by atoms with E-state index in [0.29, 0.717) is 5.57 Å². The molecule has 0 fully saturated rings. The molecule has 0 aromatic rings. The molecule has 0 rings (SSSR count). The number of nitrogens with zero attached hydrogens (tertiary/aromatic N) is 1. The van der Waals surface area contributed by atoms with Crippen LogP contribution in [-0.4, -0.2) is 0 Å². The molecule has 0 heterocycles. The van der Waals surface area contributed by atoms with Gasteiger partial charge in [0.1, 0.15) is 0 Å². The van der Waals surface area contributed by atoms with Crippen LogP contribution in [0.2, 0.25) is 0 Å². The summed E-state index contributed by atoms with van der Waals surface area (Å²) in [5.41, 5.74) is 0.662. The summed E-state index contributed by atoms with van der Waals surface area (Å²) in [4.78, 5) is 0. The summed E-state index contributed by atoms with van der Waals surface area (Å²) in [6, 6.07) is 2.01. The third-order valence-corrected chi connectivity index (χ3v) is 0.852. The van der Waals surface area contributed by atoms with E-state index in [1.165, 1.54) is 0 Å². The van der Waals surface area contributed by atoms with E-state index in [9.17, 15) is 0 Å².